The summed E-state index contributed by atoms with van der Waals surface area (Å²) in [5.74, 6) is -0.535. The van der Waals surface area contributed by atoms with Crippen molar-refractivity contribution in [3.05, 3.63) is 67.0 Å². The van der Waals surface area contributed by atoms with Gasteiger partial charge < -0.3 is 10.1 Å². The number of nitrogens with zero attached hydrogens (tertiary/aromatic N) is 1. The van der Waals surface area contributed by atoms with Crippen molar-refractivity contribution in [1.29, 1.82) is 0 Å². The average Bonchev–Trinajstić information content (AvgIpc) is 2.60. The molecule has 0 aliphatic heterocycles. The highest BCUT2D eigenvalue weighted by Gasteiger charge is 2.29. The number of amides is 1. The summed E-state index contributed by atoms with van der Waals surface area (Å²) in [5, 5.41) is 2.65. The largest absolute Gasteiger partial charge is 0.490 e. The molecule has 0 aliphatic carbocycles. The first kappa shape index (κ1) is 20.4. The van der Waals surface area contributed by atoms with Crippen LogP contribution in [0.5, 0.6) is 5.75 Å². The Morgan fingerprint density at radius 3 is 2.52 bits per heavy atom. The van der Waals surface area contributed by atoms with E-state index < -0.39 is 27.8 Å². The van der Waals surface area contributed by atoms with Crippen LogP contribution in [-0.4, -0.2) is 33.2 Å². The van der Waals surface area contributed by atoms with Crippen LogP contribution in [0.2, 0.25) is 0 Å². The summed E-state index contributed by atoms with van der Waals surface area (Å²) in [6.07, 6.45) is 2.58. The Balaban J connectivity index is 2.19. The number of hydrogen-bond donors (Lipinski definition) is 1. The van der Waals surface area contributed by atoms with Crippen LogP contribution in [0.1, 0.15) is 6.92 Å². The summed E-state index contributed by atoms with van der Waals surface area (Å²) in [4.78, 5) is 12.6. The van der Waals surface area contributed by atoms with Crippen LogP contribution in [0.4, 0.5) is 15.8 Å². The minimum Gasteiger partial charge on any atom is -0.490 e. The lowest BCUT2D eigenvalue weighted by molar-refractivity contribution is -0.116. The number of sulfonamides is 1. The molecule has 8 heteroatoms. The van der Waals surface area contributed by atoms with E-state index in [2.05, 4.69) is 11.9 Å². The lowest BCUT2D eigenvalue weighted by atomic mass is 10.2. The van der Waals surface area contributed by atoms with Crippen LogP contribution >= 0.6 is 0 Å². The fraction of sp³-hybridized carbons (Fsp3) is 0.211. The van der Waals surface area contributed by atoms with Gasteiger partial charge in [-0.3, -0.25) is 9.10 Å². The summed E-state index contributed by atoms with van der Waals surface area (Å²) < 4.78 is 44.1. The van der Waals surface area contributed by atoms with Gasteiger partial charge in [-0.25, -0.2) is 12.8 Å². The first-order chi connectivity index (χ1) is 12.7. The van der Waals surface area contributed by atoms with Crippen molar-refractivity contribution in [2.45, 2.75) is 13.0 Å². The fourth-order valence-electron chi connectivity index (χ4n) is 2.46. The minimum atomic E-state index is -3.81. The van der Waals surface area contributed by atoms with E-state index in [0.717, 1.165) is 16.6 Å². The van der Waals surface area contributed by atoms with Crippen LogP contribution in [0, 0.1) is 5.82 Å². The zero-order valence-corrected chi connectivity index (χ0v) is 15.9. The highest BCUT2D eigenvalue weighted by molar-refractivity contribution is 7.92. The van der Waals surface area contributed by atoms with Crippen molar-refractivity contribution in [3.63, 3.8) is 0 Å². The molecule has 0 heterocycles. The molecule has 2 rings (SSSR count). The molecule has 0 aromatic heterocycles. The maximum absolute atomic E-state index is 13.5. The molecule has 2 aromatic rings. The van der Waals surface area contributed by atoms with Gasteiger partial charge in [0.2, 0.25) is 15.9 Å². The molecular weight excluding hydrogens is 371 g/mol. The van der Waals surface area contributed by atoms with Crippen molar-refractivity contribution in [3.8, 4) is 5.75 Å². The van der Waals surface area contributed by atoms with Gasteiger partial charge in [0.25, 0.3) is 0 Å². The second-order valence-electron chi connectivity index (χ2n) is 5.83. The highest BCUT2D eigenvalue weighted by atomic mass is 32.2. The van der Waals surface area contributed by atoms with Crippen molar-refractivity contribution < 1.29 is 22.3 Å². The molecule has 0 radical (unpaired) electrons. The third kappa shape index (κ3) is 5.55. The van der Waals surface area contributed by atoms with Crippen LogP contribution in [0.3, 0.4) is 0 Å². The van der Waals surface area contributed by atoms with Gasteiger partial charge in [-0.15, -0.1) is 0 Å². The summed E-state index contributed by atoms with van der Waals surface area (Å²) >= 11 is 0. The van der Waals surface area contributed by atoms with E-state index in [4.69, 9.17) is 4.74 Å². The molecule has 0 bridgehead atoms. The van der Waals surface area contributed by atoms with Gasteiger partial charge in [-0.2, -0.15) is 0 Å². The molecule has 0 spiro atoms. The van der Waals surface area contributed by atoms with E-state index in [9.17, 15) is 17.6 Å². The molecule has 0 saturated heterocycles. The van der Waals surface area contributed by atoms with E-state index in [-0.39, 0.29) is 5.69 Å². The SMILES string of the molecule is C=CCOc1ccc(NC(=O)[C@H](C)N(c2cccc(F)c2)S(C)(=O)=O)cc1. The van der Waals surface area contributed by atoms with Crippen LogP contribution in [0.25, 0.3) is 0 Å². The minimum absolute atomic E-state index is 0.0772. The number of halogens is 1. The smallest absolute Gasteiger partial charge is 0.247 e. The Labute approximate surface area is 158 Å². The first-order valence-electron chi connectivity index (χ1n) is 8.12. The molecular formula is C19H21FN2O4S. The van der Waals surface area contributed by atoms with Gasteiger partial charge in [0, 0.05) is 5.69 Å². The summed E-state index contributed by atoms with van der Waals surface area (Å²) in [6, 6.07) is 10.6. The number of hydrogen-bond acceptors (Lipinski definition) is 4. The molecule has 0 unspecified atom stereocenters. The number of ether oxygens (including phenoxy) is 1. The molecule has 1 amide bonds. The Bertz CT molecular complexity index is 914. The quantitative estimate of drug-likeness (QED) is 0.700. The molecule has 0 saturated carbocycles. The van der Waals surface area contributed by atoms with Crippen molar-refractivity contribution in [1.82, 2.24) is 0 Å². The highest BCUT2D eigenvalue weighted by Crippen LogP contribution is 2.23. The number of benzene rings is 2. The number of carbonyl (C=O) groups is 1. The van der Waals surface area contributed by atoms with E-state index in [0.29, 0.717) is 18.0 Å². The van der Waals surface area contributed by atoms with E-state index >= 15 is 0 Å². The monoisotopic (exact) mass is 392 g/mol. The van der Waals surface area contributed by atoms with Gasteiger partial charge in [0.05, 0.1) is 11.9 Å². The predicted octanol–water partition coefficient (Wildman–Crippen LogP) is 3.18. The molecule has 6 nitrogen and oxygen atoms in total. The zero-order chi connectivity index (χ0) is 20.0. The first-order valence-corrected chi connectivity index (χ1v) is 9.97. The average molecular weight is 392 g/mol. The zero-order valence-electron chi connectivity index (χ0n) is 15.1. The maximum Gasteiger partial charge on any atom is 0.247 e. The van der Waals surface area contributed by atoms with Gasteiger partial charge in [-0.1, -0.05) is 18.7 Å². The third-order valence-corrected chi connectivity index (χ3v) is 4.88. The molecule has 27 heavy (non-hydrogen) atoms. The molecule has 0 fully saturated rings. The molecule has 2 aromatic carbocycles. The Hall–Kier alpha value is -2.87. The fourth-order valence-corrected chi connectivity index (χ4v) is 3.63. The van der Waals surface area contributed by atoms with Gasteiger partial charge in [0.15, 0.2) is 0 Å². The van der Waals surface area contributed by atoms with E-state index in [1.54, 1.807) is 30.3 Å². The Kier molecular flexibility index (Phi) is 6.57. The predicted molar refractivity (Wildman–Crippen MR) is 104 cm³/mol. The summed E-state index contributed by atoms with van der Waals surface area (Å²) in [7, 11) is -3.81. The second-order valence-corrected chi connectivity index (χ2v) is 7.69. The van der Waals surface area contributed by atoms with Crippen LogP contribution < -0.4 is 14.4 Å². The number of rotatable bonds is 8. The second kappa shape index (κ2) is 8.68. The summed E-state index contributed by atoms with van der Waals surface area (Å²) in [6.45, 7) is 5.35. The van der Waals surface area contributed by atoms with Crippen molar-refractivity contribution in [2.75, 3.05) is 22.5 Å². The van der Waals surface area contributed by atoms with E-state index in [1.165, 1.54) is 25.1 Å². The normalized spacial score (nSPS) is 12.1. The number of carbonyl (C=O) groups excluding carboxylic acids is 1. The lowest BCUT2D eigenvalue weighted by Gasteiger charge is -2.28. The topological polar surface area (TPSA) is 75.7 Å². The Morgan fingerprint density at radius 1 is 1.30 bits per heavy atom. The van der Waals surface area contributed by atoms with Crippen molar-refractivity contribution >= 4 is 27.3 Å². The van der Waals surface area contributed by atoms with Gasteiger partial charge in [0.1, 0.15) is 24.2 Å². The van der Waals surface area contributed by atoms with Gasteiger partial charge >= 0.3 is 0 Å². The van der Waals surface area contributed by atoms with Crippen LogP contribution in [-0.2, 0) is 14.8 Å². The van der Waals surface area contributed by atoms with Crippen molar-refractivity contribution in [2.24, 2.45) is 0 Å². The maximum atomic E-state index is 13.5. The number of nitrogens with one attached hydrogen (secondary N) is 1. The lowest BCUT2D eigenvalue weighted by Crippen LogP contribution is -2.45. The van der Waals surface area contributed by atoms with E-state index in [1.807, 2.05) is 0 Å². The molecule has 144 valence electrons. The van der Waals surface area contributed by atoms with Crippen LogP contribution in [0.15, 0.2) is 61.2 Å². The number of anilines is 2. The molecule has 1 N–H and O–H groups in total. The molecule has 1 atom stereocenters. The van der Waals surface area contributed by atoms with Gasteiger partial charge in [-0.05, 0) is 49.4 Å². The molecule has 0 aliphatic rings. The standard InChI is InChI=1S/C19H21FN2O4S/c1-4-12-26-18-10-8-16(9-11-18)21-19(23)14(2)22(27(3,24)25)17-7-5-6-15(20)13-17/h4-11,13-14H,1,12H2,2-3H3,(H,21,23)/t14-/m0/s1. The summed E-state index contributed by atoms with van der Waals surface area (Å²) in [5.41, 5.74) is 0.554. The Morgan fingerprint density at radius 2 is 1.96 bits per heavy atom. The third-order valence-electron chi connectivity index (χ3n) is 3.64.